The molecule has 1 N–H and O–H groups in total. The highest BCUT2D eigenvalue weighted by Gasteiger charge is 2.19. The fourth-order valence-corrected chi connectivity index (χ4v) is 2.34. The van der Waals surface area contributed by atoms with Crippen LogP contribution in [-0.4, -0.2) is 42.2 Å². The van der Waals surface area contributed by atoms with Crippen LogP contribution in [0.1, 0.15) is 24.0 Å². The highest BCUT2D eigenvalue weighted by molar-refractivity contribution is 5.92. The number of carbonyl (C=O) groups is 1. The molecule has 108 valence electrons. The minimum Gasteiger partial charge on any atom is -0.496 e. The summed E-state index contributed by atoms with van der Waals surface area (Å²) in [6, 6.07) is 5.86. The Labute approximate surface area is 119 Å². The fraction of sp³-hybridized carbons (Fsp3) is 0.438. The maximum atomic E-state index is 12.1. The van der Waals surface area contributed by atoms with E-state index >= 15 is 0 Å². The number of piperidine rings is 1. The van der Waals surface area contributed by atoms with E-state index in [2.05, 4.69) is 0 Å². The number of rotatable bonds is 3. The number of aliphatic hydroxyl groups is 1. The fourth-order valence-electron chi connectivity index (χ4n) is 2.34. The van der Waals surface area contributed by atoms with Gasteiger partial charge in [-0.05, 0) is 38.0 Å². The molecule has 0 bridgehead atoms. The van der Waals surface area contributed by atoms with Gasteiger partial charge in [-0.1, -0.05) is 11.6 Å². The van der Waals surface area contributed by atoms with Crippen LogP contribution in [-0.2, 0) is 4.79 Å². The van der Waals surface area contributed by atoms with Crippen molar-refractivity contribution in [3.63, 3.8) is 0 Å². The van der Waals surface area contributed by atoms with Crippen LogP contribution in [0.3, 0.4) is 0 Å². The highest BCUT2D eigenvalue weighted by Crippen LogP contribution is 2.21. The SMILES string of the molecule is COc1ccc(C)cc1/C=C/C(=O)N1CCC(O)CC1. The van der Waals surface area contributed by atoms with Crippen molar-refractivity contribution in [3.8, 4) is 5.75 Å². The van der Waals surface area contributed by atoms with Crippen LogP contribution in [0.25, 0.3) is 6.08 Å². The molecule has 1 aliphatic heterocycles. The molecular weight excluding hydrogens is 254 g/mol. The van der Waals surface area contributed by atoms with Crippen LogP contribution < -0.4 is 4.74 Å². The molecule has 1 heterocycles. The van der Waals surface area contributed by atoms with Crippen molar-refractivity contribution >= 4 is 12.0 Å². The van der Waals surface area contributed by atoms with Crippen molar-refractivity contribution in [3.05, 3.63) is 35.4 Å². The van der Waals surface area contributed by atoms with E-state index in [1.54, 1.807) is 24.2 Å². The molecule has 1 aliphatic rings. The molecule has 4 heteroatoms. The molecule has 0 aliphatic carbocycles. The molecule has 0 aromatic heterocycles. The second kappa shape index (κ2) is 6.57. The lowest BCUT2D eigenvalue weighted by molar-refractivity contribution is -0.127. The summed E-state index contributed by atoms with van der Waals surface area (Å²) in [6.45, 7) is 3.25. The van der Waals surface area contributed by atoms with Crippen molar-refractivity contribution in [2.45, 2.75) is 25.9 Å². The first-order valence-corrected chi connectivity index (χ1v) is 6.90. The largest absolute Gasteiger partial charge is 0.496 e. The van der Waals surface area contributed by atoms with Gasteiger partial charge in [0.1, 0.15) is 5.75 Å². The van der Waals surface area contributed by atoms with E-state index in [1.807, 2.05) is 25.1 Å². The van der Waals surface area contributed by atoms with E-state index in [9.17, 15) is 9.90 Å². The topological polar surface area (TPSA) is 49.8 Å². The Morgan fingerprint density at radius 1 is 1.40 bits per heavy atom. The third-order valence-corrected chi connectivity index (χ3v) is 3.57. The van der Waals surface area contributed by atoms with Crippen LogP contribution in [0.4, 0.5) is 0 Å². The zero-order valence-electron chi connectivity index (χ0n) is 12.0. The first-order valence-electron chi connectivity index (χ1n) is 6.90. The molecule has 1 aromatic rings. The number of hydrogen-bond donors (Lipinski definition) is 1. The van der Waals surface area contributed by atoms with Crippen molar-refractivity contribution < 1.29 is 14.6 Å². The number of aryl methyl sites for hydroxylation is 1. The summed E-state index contributed by atoms with van der Waals surface area (Å²) < 4.78 is 5.28. The average Bonchev–Trinajstić information content (AvgIpc) is 2.45. The monoisotopic (exact) mass is 275 g/mol. The van der Waals surface area contributed by atoms with Crippen molar-refractivity contribution in [1.82, 2.24) is 4.90 Å². The number of hydrogen-bond acceptors (Lipinski definition) is 3. The summed E-state index contributed by atoms with van der Waals surface area (Å²) in [5.74, 6) is 0.745. The van der Waals surface area contributed by atoms with Crippen molar-refractivity contribution in [2.24, 2.45) is 0 Å². The number of benzene rings is 1. The van der Waals surface area contributed by atoms with Crippen LogP contribution in [0.15, 0.2) is 24.3 Å². The molecule has 0 atom stereocenters. The number of amides is 1. The van der Waals surface area contributed by atoms with Gasteiger partial charge < -0.3 is 14.7 Å². The maximum Gasteiger partial charge on any atom is 0.246 e. The van der Waals surface area contributed by atoms with Crippen molar-refractivity contribution in [1.29, 1.82) is 0 Å². The molecule has 4 nitrogen and oxygen atoms in total. The standard InChI is InChI=1S/C16H21NO3/c1-12-3-5-15(20-2)13(11-12)4-6-16(19)17-9-7-14(18)8-10-17/h3-6,11,14,18H,7-10H2,1-2H3/b6-4+. The number of ether oxygens (including phenoxy) is 1. The van der Waals surface area contributed by atoms with Gasteiger partial charge in [0, 0.05) is 24.7 Å². The number of likely N-dealkylation sites (tertiary alicyclic amines) is 1. The number of nitrogens with zero attached hydrogens (tertiary/aromatic N) is 1. The van der Waals surface area contributed by atoms with Gasteiger partial charge in [-0.15, -0.1) is 0 Å². The molecule has 0 radical (unpaired) electrons. The van der Waals surface area contributed by atoms with Gasteiger partial charge in [-0.3, -0.25) is 4.79 Å². The highest BCUT2D eigenvalue weighted by atomic mass is 16.5. The molecular formula is C16H21NO3. The third kappa shape index (κ3) is 3.61. The molecule has 1 aromatic carbocycles. The predicted octanol–water partition coefficient (Wildman–Crippen LogP) is 2.00. The summed E-state index contributed by atoms with van der Waals surface area (Å²) in [6.07, 6.45) is 4.43. The summed E-state index contributed by atoms with van der Waals surface area (Å²) >= 11 is 0. The summed E-state index contributed by atoms with van der Waals surface area (Å²) in [5, 5.41) is 9.44. The van der Waals surface area contributed by atoms with Gasteiger partial charge in [-0.25, -0.2) is 0 Å². The Bertz CT molecular complexity index is 502. The Hall–Kier alpha value is -1.81. The minimum atomic E-state index is -0.264. The Morgan fingerprint density at radius 2 is 2.10 bits per heavy atom. The summed E-state index contributed by atoms with van der Waals surface area (Å²) in [5.41, 5.74) is 2.02. The number of carbonyl (C=O) groups excluding carboxylic acids is 1. The molecule has 0 saturated carbocycles. The van der Waals surface area contributed by atoms with Crippen LogP contribution in [0, 0.1) is 6.92 Å². The number of methoxy groups -OCH3 is 1. The molecule has 1 amide bonds. The lowest BCUT2D eigenvalue weighted by Gasteiger charge is -2.28. The molecule has 1 fully saturated rings. The lowest BCUT2D eigenvalue weighted by Crippen LogP contribution is -2.39. The third-order valence-electron chi connectivity index (χ3n) is 3.57. The Balaban J connectivity index is 2.05. The van der Waals surface area contributed by atoms with E-state index < -0.39 is 0 Å². The van der Waals surface area contributed by atoms with Crippen LogP contribution in [0.2, 0.25) is 0 Å². The predicted molar refractivity (Wildman–Crippen MR) is 78.6 cm³/mol. The van der Waals surface area contributed by atoms with Gasteiger partial charge in [0.05, 0.1) is 13.2 Å². The van der Waals surface area contributed by atoms with Crippen molar-refractivity contribution in [2.75, 3.05) is 20.2 Å². The quantitative estimate of drug-likeness (QED) is 0.858. The second-order valence-corrected chi connectivity index (χ2v) is 5.14. The van der Waals surface area contributed by atoms with Gasteiger partial charge >= 0.3 is 0 Å². The van der Waals surface area contributed by atoms with Gasteiger partial charge in [-0.2, -0.15) is 0 Å². The van der Waals surface area contributed by atoms with Crippen LogP contribution >= 0.6 is 0 Å². The van der Waals surface area contributed by atoms with E-state index in [0.29, 0.717) is 25.9 Å². The van der Waals surface area contributed by atoms with E-state index in [1.165, 1.54) is 0 Å². The summed E-state index contributed by atoms with van der Waals surface area (Å²) in [4.78, 5) is 13.8. The van der Waals surface area contributed by atoms with Crippen LogP contribution in [0.5, 0.6) is 5.75 Å². The lowest BCUT2D eigenvalue weighted by atomic mass is 10.1. The zero-order valence-corrected chi connectivity index (χ0v) is 12.0. The van der Waals surface area contributed by atoms with Gasteiger partial charge in [0.25, 0.3) is 0 Å². The first-order chi connectivity index (χ1) is 9.60. The van der Waals surface area contributed by atoms with E-state index in [4.69, 9.17) is 4.74 Å². The summed E-state index contributed by atoms with van der Waals surface area (Å²) in [7, 11) is 1.62. The normalized spacial score (nSPS) is 16.6. The van der Waals surface area contributed by atoms with Gasteiger partial charge in [0.15, 0.2) is 0 Å². The van der Waals surface area contributed by atoms with E-state index in [-0.39, 0.29) is 12.0 Å². The Kier molecular flexibility index (Phi) is 4.79. The zero-order chi connectivity index (χ0) is 14.5. The van der Waals surface area contributed by atoms with E-state index in [0.717, 1.165) is 16.9 Å². The molecule has 0 spiro atoms. The molecule has 20 heavy (non-hydrogen) atoms. The maximum absolute atomic E-state index is 12.1. The Morgan fingerprint density at radius 3 is 2.75 bits per heavy atom. The smallest absolute Gasteiger partial charge is 0.246 e. The second-order valence-electron chi connectivity index (χ2n) is 5.14. The number of aliphatic hydroxyl groups excluding tert-OH is 1. The first kappa shape index (κ1) is 14.6. The molecule has 2 rings (SSSR count). The molecule has 1 saturated heterocycles. The average molecular weight is 275 g/mol. The minimum absolute atomic E-state index is 0.0135. The molecule has 0 unspecified atom stereocenters. The van der Waals surface area contributed by atoms with Gasteiger partial charge in [0.2, 0.25) is 5.91 Å².